The summed E-state index contributed by atoms with van der Waals surface area (Å²) in [6.07, 6.45) is 1.94. The molecule has 31 heteroatoms. The zero-order valence-corrected chi connectivity index (χ0v) is 49.3. The summed E-state index contributed by atoms with van der Waals surface area (Å²) in [6.45, 7) is 4.83. The lowest BCUT2D eigenvalue weighted by Crippen LogP contribution is -2.49. The normalized spacial score (nSPS) is 12.5. The van der Waals surface area contributed by atoms with E-state index in [2.05, 4.69) is 45.9 Å². The van der Waals surface area contributed by atoms with E-state index in [4.69, 9.17) is 0 Å². The predicted octanol–water partition coefficient (Wildman–Crippen LogP) is 4.42. The fraction of sp³-hybridized carbons (Fsp3) is 0.358. The van der Waals surface area contributed by atoms with E-state index in [1.807, 2.05) is 30.3 Å². The van der Waals surface area contributed by atoms with E-state index in [-0.39, 0.29) is 128 Å². The highest BCUT2D eigenvalue weighted by atomic mass is 32.2. The van der Waals surface area contributed by atoms with Gasteiger partial charge in [-0.1, -0.05) is 92.7 Å². The first kappa shape index (κ1) is 65.7. The minimum absolute atomic E-state index is 0.000833. The van der Waals surface area contributed by atoms with Gasteiger partial charge >= 0.3 is 0 Å². The smallest absolute Gasteiger partial charge is 0.295 e. The second-order valence-corrected chi connectivity index (χ2v) is 26.5. The molecule has 0 aliphatic carbocycles. The number of hydrogen-bond acceptors (Lipinski definition) is 22. The van der Waals surface area contributed by atoms with Gasteiger partial charge in [0.2, 0.25) is 29.7 Å². The summed E-state index contributed by atoms with van der Waals surface area (Å²) < 4.78 is 138. The van der Waals surface area contributed by atoms with Crippen LogP contribution in [0.2, 0.25) is 0 Å². The Balaban J connectivity index is 1.29. The molecule has 2 aromatic heterocycles. The van der Waals surface area contributed by atoms with E-state index < -0.39 is 85.2 Å². The fourth-order valence-corrected chi connectivity index (χ4v) is 12.3. The Morgan fingerprint density at radius 2 is 1.02 bits per heavy atom. The van der Waals surface area contributed by atoms with Gasteiger partial charge in [0.05, 0.1) is 30.3 Å². The summed E-state index contributed by atoms with van der Waals surface area (Å²) in [6, 6.07) is 25.6. The van der Waals surface area contributed by atoms with Crippen LogP contribution in [0.25, 0.3) is 12.2 Å². The van der Waals surface area contributed by atoms with Crippen molar-refractivity contribution in [2.45, 2.75) is 75.1 Å². The van der Waals surface area contributed by atoms with Crippen LogP contribution < -0.4 is 25.8 Å². The van der Waals surface area contributed by atoms with Crippen molar-refractivity contribution in [3.63, 3.8) is 0 Å². The number of aliphatic hydroxyl groups is 2. The lowest BCUT2D eigenvalue weighted by molar-refractivity contribution is -0.122. The van der Waals surface area contributed by atoms with Crippen LogP contribution in [0, 0.1) is 5.41 Å². The number of para-hydroxylation sites is 1. The monoisotopic (exact) mass is 1240 g/mol. The molecule has 0 unspecified atom stereocenters. The zero-order valence-electron chi connectivity index (χ0n) is 46.1. The minimum atomic E-state index is -5.03. The number of ketones is 1. The molecule has 0 fully saturated rings. The molecule has 6 aromatic rings. The van der Waals surface area contributed by atoms with Gasteiger partial charge in [-0.05, 0) is 71.8 Å². The van der Waals surface area contributed by atoms with Gasteiger partial charge in [-0.25, -0.2) is 4.98 Å². The topological polar surface area (TPSA) is 412 Å². The van der Waals surface area contributed by atoms with Crippen LogP contribution in [0.4, 0.5) is 35.2 Å². The van der Waals surface area contributed by atoms with Crippen molar-refractivity contribution in [3.8, 4) is 0 Å². The molecule has 9 N–H and O–H groups in total. The number of nitrogens with one attached hydrogen (secondary N) is 3. The number of nitrogens with zero attached hydrogens (tertiary/aromatic N) is 8. The number of hydrogen-bond donors (Lipinski definition) is 9. The third-order valence-corrected chi connectivity index (χ3v) is 16.2. The van der Waals surface area contributed by atoms with Crippen molar-refractivity contribution in [2.24, 2.45) is 5.41 Å². The molecule has 0 saturated carbocycles. The largest absolute Gasteiger partial charge is 0.395 e. The number of carbonyl (C=O) groups is 2. The number of benzene rings is 4. The van der Waals surface area contributed by atoms with Crippen molar-refractivity contribution in [1.82, 2.24) is 35.2 Å². The van der Waals surface area contributed by atoms with E-state index in [1.54, 1.807) is 35.2 Å². The maximum Gasteiger partial charge on any atom is 0.295 e. The van der Waals surface area contributed by atoms with Gasteiger partial charge in [-0.2, -0.15) is 58.6 Å². The molecular weight excluding hydrogens is 1170 g/mol. The van der Waals surface area contributed by atoms with Crippen LogP contribution in [0.15, 0.2) is 107 Å². The highest BCUT2D eigenvalue weighted by Gasteiger charge is 2.30. The quantitative estimate of drug-likeness (QED) is 0.0215. The van der Waals surface area contributed by atoms with E-state index in [9.17, 15) is 71.7 Å². The van der Waals surface area contributed by atoms with E-state index in [1.165, 1.54) is 75.1 Å². The number of rotatable bonds is 31. The zero-order chi connectivity index (χ0) is 61.7. The number of carbonyl (C=O) groups excluding carboxylic acids is 2. The van der Waals surface area contributed by atoms with Crippen molar-refractivity contribution in [3.05, 3.63) is 131 Å². The van der Waals surface area contributed by atoms with Crippen LogP contribution in [0.5, 0.6) is 0 Å². The van der Waals surface area contributed by atoms with Gasteiger partial charge in [-0.3, -0.25) is 27.8 Å². The molecule has 6 rings (SSSR count). The Hall–Kier alpha value is -7.46. The second-order valence-electron chi connectivity index (χ2n) is 20.8. The highest BCUT2D eigenvalue weighted by molar-refractivity contribution is 7.86. The van der Waals surface area contributed by atoms with Gasteiger partial charge in [0, 0.05) is 69.7 Å². The lowest BCUT2D eigenvalue weighted by atomic mass is 9.89. The first-order valence-corrected chi connectivity index (χ1v) is 31.8. The predicted molar refractivity (Wildman–Crippen MR) is 312 cm³/mol. The molecule has 2 heterocycles. The first-order valence-electron chi connectivity index (χ1n) is 25.7. The van der Waals surface area contributed by atoms with Crippen molar-refractivity contribution < 1.29 is 71.7 Å². The molecule has 1 amide bonds. The molecule has 0 spiro atoms. The molecule has 4 aromatic carbocycles. The van der Waals surface area contributed by atoms with Crippen LogP contribution in [0.1, 0.15) is 80.9 Å². The van der Waals surface area contributed by atoms with Crippen LogP contribution in [-0.2, 0) is 62.9 Å². The summed E-state index contributed by atoms with van der Waals surface area (Å²) in [7, 11) is -18.8. The average Bonchev–Trinajstić information content (AvgIpc) is 3.52. The molecule has 0 aliphatic rings. The second kappa shape index (κ2) is 28.0. The number of Topliss-reactive ketones (excluding diaryl/α,β-unsaturated/α-hetero) is 1. The van der Waals surface area contributed by atoms with E-state index in [0.29, 0.717) is 5.69 Å². The molecule has 0 saturated heterocycles. The SMILES string of the molecule is CC(C)(CC(=O)CCN(CCO)c1nc(Cc2ccccc2)nc(Cc2ccc(/C=C/c3ccc(Nc4nc(Nc5ccccc5)nc(N(CCO)CCC(=O)NC(C)(C)CS(=O)(=O)O)n4)cc3S(=O)(=O)O)c(S(=O)(=O)O)c2)n1)CS(=O)(=O)O. The van der Waals surface area contributed by atoms with Crippen molar-refractivity contribution in [2.75, 3.05) is 71.3 Å². The van der Waals surface area contributed by atoms with Gasteiger partial charge in [-0.15, -0.1) is 0 Å². The van der Waals surface area contributed by atoms with Crippen LogP contribution >= 0.6 is 0 Å². The minimum Gasteiger partial charge on any atom is -0.395 e. The molecular formula is C53H65N11O16S4. The first-order chi connectivity index (χ1) is 39.2. The maximum absolute atomic E-state index is 13.1. The number of aromatic nitrogens is 6. The summed E-state index contributed by atoms with van der Waals surface area (Å²) in [5, 5.41) is 28.5. The maximum atomic E-state index is 13.1. The number of amides is 1. The Kier molecular flexibility index (Phi) is 21.9. The van der Waals surface area contributed by atoms with Crippen LogP contribution in [0.3, 0.4) is 0 Å². The molecule has 0 bridgehead atoms. The van der Waals surface area contributed by atoms with Gasteiger partial charge < -0.3 is 36.0 Å². The molecule has 84 heavy (non-hydrogen) atoms. The lowest BCUT2D eigenvalue weighted by Gasteiger charge is -2.26. The third-order valence-electron chi connectivity index (χ3n) is 12.1. The molecule has 0 atom stereocenters. The Labute approximate surface area is 486 Å². The van der Waals surface area contributed by atoms with Crippen molar-refractivity contribution in [1.29, 1.82) is 0 Å². The summed E-state index contributed by atoms with van der Waals surface area (Å²) in [5.41, 5.74) is -0.990. The Morgan fingerprint density at radius 3 is 1.56 bits per heavy atom. The van der Waals surface area contributed by atoms with Gasteiger partial charge in [0.25, 0.3) is 40.5 Å². The summed E-state index contributed by atoms with van der Waals surface area (Å²) in [4.78, 5) is 55.0. The summed E-state index contributed by atoms with van der Waals surface area (Å²) in [5.74, 6) is -2.13. The third kappa shape index (κ3) is 21.3. The van der Waals surface area contributed by atoms with Crippen molar-refractivity contribution >= 4 is 99.5 Å². The number of anilines is 6. The number of aliphatic hydroxyl groups excluding tert-OH is 2. The average molecular weight is 1240 g/mol. The highest BCUT2D eigenvalue weighted by Crippen LogP contribution is 2.29. The fourth-order valence-electron chi connectivity index (χ4n) is 8.78. The van der Waals surface area contributed by atoms with Gasteiger partial charge in [0.15, 0.2) is 0 Å². The molecule has 0 radical (unpaired) electrons. The Morgan fingerprint density at radius 1 is 0.536 bits per heavy atom. The van der Waals surface area contributed by atoms with Crippen LogP contribution in [-0.4, -0.2) is 160 Å². The van der Waals surface area contributed by atoms with E-state index in [0.717, 1.165) is 11.6 Å². The van der Waals surface area contributed by atoms with E-state index >= 15 is 0 Å². The molecule has 27 nitrogen and oxygen atoms in total. The standard InChI is InChI=1S/C53H65N11O16S4/c1-52(2,34-81(69,70)71)33-42(67)21-23-63(25-27-65)50-57-45(30-36-11-7-5-8-12-36)56-46(58-50)31-37-15-16-38(43(29-37)83(75,76)77)17-18-39-19-20-41(32-44(39)84(78,79)80)55-49-59-48(54-40-13-9-6-10-14-40)60-51(61-49)64(26-28-66)24-22-47(68)62-53(3,4)35-82(72,73)74/h5-20,29,32,65-66H,21-28,30-31,33-35H2,1-4H3,(H,62,68)(H,69,70,71)(H,72,73,74)(H,75,76,77)(H,78,79,80)(H2,54,55,59,60,61)/b18-17+. The van der Waals surface area contributed by atoms with Gasteiger partial charge in [0.1, 0.15) is 27.2 Å². The molecule has 452 valence electrons. The summed E-state index contributed by atoms with van der Waals surface area (Å²) >= 11 is 0. The molecule has 0 aliphatic heterocycles. The Bertz CT molecular complexity index is 3560.